The quantitative estimate of drug-likeness (QED) is 0.922. The van der Waals surface area contributed by atoms with E-state index in [1.54, 1.807) is 24.4 Å². The standard InChI is InChI=1S/C13H15N3O2S/c1-10-3-4-12(19(2,17)18)7-13(10)15-8-11-5-6-14-9-16-11/h3-7,9,15H,8H2,1-2H3. The fourth-order valence-corrected chi connectivity index (χ4v) is 2.28. The van der Waals surface area contributed by atoms with Crippen LogP contribution < -0.4 is 5.32 Å². The molecule has 0 aliphatic carbocycles. The molecular weight excluding hydrogens is 262 g/mol. The van der Waals surface area contributed by atoms with Gasteiger partial charge in [0.1, 0.15) is 6.33 Å². The maximum atomic E-state index is 11.5. The number of nitrogens with one attached hydrogen (secondary N) is 1. The van der Waals surface area contributed by atoms with Crippen molar-refractivity contribution in [2.24, 2.45) is 0 Å². The second kappa shape index (κ2) is 5.36. The van der Waals surface area contributed by atoms with E-state index >= 15 is 0 Å². The molecule has 5 nitrogen and oxygen atoms in total. The summed E-state index contributed by atoms with van der Waals surface area (Å²) in [5.41, 5.74) is 2.63. The maximum Gasteiger partial charge on any atom is 0.175 e. The van der Waals surface area contributed by atoms with Crippen molar-refractivity contribution in [1.29, 1.82) is 0 Å². The highest BCUT2D eigenvalue weighted by molar-refractivity contribution is 7.90. The second-order valence-corrected chi connectivity index (χ2v) is 6.32. The van der Waals surface area contributed by atoms with Gasteiger partial charge >= 0.3 is 0 Å². The van der Waals surface area contributed by atoms with Crippen molar-refractivity contribution < 1.29 is 8.42 Å². The summed E-state index contributed by atoms with van der Waals surface area (Å²) in [6.07, 6.45) is 4.35. The molecule has 0 aliphatic rings. The predicted molar refractivity (Wildman–Crippen MR) is 73.6 cm³/mol. The molecule has 2 aromatic rings. The van der Waals surface area contributed by atoms with Crippen molar-refractivity contribution in [3.63, 3.8) is 0 Å². The minimum atomic E-state index is -3.19. The second-order valence-electron chi connectivity index (χ2n) is 4.30. The van der Waals surface area contributed by atoms with Gasteiger partial charge in [0.15, 0.2) is 9.84 Å². The summed E-state index contributed by atoms with van der Waals surface area (Å²) < 4.78 is 23.0. The molecule has 1 N–H and O–H groups in total. The van der Waals surface area contributed by atoms with Crippen LogP contribution in [0, 0.1) is 6.92 Å². The van der Waals surface area contributed by atoms with Crippen LogP contribution in [0.25, 0.3) is 0 Å². The zero-order chi connectivity index (χ0) is 13.9. The van der Waals surface area contributed by atoms with E-state index in [-0.39, 0.29) is 0 Å². The van der Waals surface area contributed by atoms with Gasteiger partial charge in [0.25, 0.3) is 0 Å². The zero-order valence-electron chi connectivity index (χ0n) is 10.8. The van der Waals surface area contributed by atoms with Gasteiger partial charge in [-0.2, -0.15) is 0 Å². The highest BCUT2D eigenvalue weighted by atomic mass is 32.2. The lowest BCUT2D eigenvalue weighted by Crippen LogP contribution is -2.05. The summed E-state index contributed by atoms with van der Waals surface area (Å²) in [7, 11) is -3.19. The lowest BCUT2D eigenvalue weighted by molar-refractivity contribution is 0.602. The van der Waals surface area contributed by atoms with E-state index < -0.39 is 9.84 Å². The van der Waals surface area contributed by atoms with Crippen LogP contribution in [-0.2, 0) is 16.4 Å². The number of rotatable bonds is 4. The molecule has 0 saturated heterocycles. The SMILES string of the molecule is Cc1ccc(S(C)(=O)=O)cc1NCc1ccncn1. The Kier molecular flexibility index (Phi) is 3.80. The van der Waals surface area contributed by atoms with Gasteiger partial charge < -0.3 is 5.32 Å². The smallest absolute Gasteiger partial charge is 0.175 e. The summed E-state index contributed by atoms with van der Waals surface area (Å²) in [4.78, 5) is 8.26. The number of hydrogen-bond donors (Lipinski definition) is 1. The molecule has 0 unspecified atom stereocenters. The number of aryl methyl sites for hydroxylation is 1. The van der Waals surface area contributed by atoms with E-state index in [2.05, 4.69) is 15.3 Å². The first-order valence-corrected chi connectivity index (χ1v) is 7.65. The molecule has 100 valence electrons. The predicted octanol–water partition coefficient (Wildman–Crippen LogP) is 1.80. The highest BCUT2D eigenvalue weighted by Crippen LogP contribution is 2.20. The number of hydrogen-bond acceptors (Lipinski definition) is 5. The number of benzene rings is 1. The monoisotopic (exact) mass is 277 g/mol. The Balaban J connectivity index is 2.21. The van der Waals surface area contributed by atoms with Gasteiger partial charge in [-0.3, -0.25) is 0 Å². The average Bonchev–Trinajstić information content (AvgIpc) is 2.37. The molecule has 1 aromatic heterocycles. The van der Waals surface area contributed by atoms with Crippen LogP contribution in [0.15, 0.2) is 41.7 Å². The lowest BCUT2D eigenvalue weighted by Gasteiger charge is -2.10. The lowest BCUT2D eigenvalue weighted by atomic mass is 10.2. The molecule has 6 heteroatoms. The Bertz CT molecular complexity index is 670. The van der Waals surface area contributed by atoms with Crippen LogP contribution in [-0.4, -0.2) is 24.6 Å². The number of anilines is 1. The van der Waals surface area contributed by atoms with E-state index in [9.17, 15) is 8.42 Å². The normalized spacial score (nSPS) is 11.3. The van der Waals surface area contributed by atoms with E-state index in [0.717, 1.165) is 16.9 Å². The molecule has 2 rings (SSSR count). The van der Waals surface area contributed by atoms with Gasteiger partial charge in [-0.05, 0) is 30.7 Å². The van der Waals surface area contributed by atoms with Gasteiger partial charge in [0, 0.05) is 18.1 Å². The van der Waals surface area contributed by atoms with Crippen LogP contribution in [0.1, 0.15) is 11.3 Å². The molecule has 0 radical (unpaired) electrons. The van der Waals surface area contributed by atoms with Crippen LogP contribution in [0.5, 0.6) is 0 Å². The van der Waals surface area contributed by atoms with Crippen molar-refractivity contribution in [2.45, 2.75) is 18.4 Å². The van der Waals surface area contributed by atoms with Crippen LogP contribution >= 0.6 is 0 Å². The van der Waals surface area contributed by atoms with Gasteiger partial charge in [0.2, 0.25) is 0 Å². The third-order valence-corrected chi connectivity index (χ3v) is 3.85. The summed E-state index contributed by atoms with van der Waals surface area (Å²) in [6.45, 7) is 2.45. The maximum absolute atomic E-state index is 11.5. The minimum Gasteiger partial charge on any atom is -0.379 e. The Hall–Kier alpha value is -1.95. The van der Waals surface area contributed by atoms with Crippen molar-refractivity contribution in [3.05, 3.63) is 48.0 Å². The molecular formula is C13H15N3O2S. The summed E-state index contributed by atoms with van der Waals surface area (Å²) in [5, 5.41) is 3.19. The van der Waals surface area contributed by atoms with Gasteiger partial charge in [-0.15, -0.1) is 0 Å². The third-order valence-electron chi connectivity index (χ3n) is 2.74. The number of nitrogens with zero attached hydrogens (tertiary/aromatic N) is 2. The average molecular weight is 277 g/mol. The first kappa shape index (κ1) is 13.5. The summed E-state index contributed by atoms with van der Waals surface area (Å²) in [5.74, 6) is 0. The van der Waals surface area contributed by atoms with Crippen molar-refractivity contribution in [3.8, 4) is 0 Å². The van der Waals surface area contributed by atoms with Gasteiger partial charge in [-0.1, -0.05) is 6.07 Å². The molecule has 0 spiro atoms. The molecule has 0 atom stereocenters. The molecule has 19 heavy (non-hydrogen) atoms. The van der Waals surface area contributed by atoms with Crippen molar-refractivity contribution >= 4 is 15.5 Å². The molecule has 0 amide bonds. The number of aromatic nitrogens is 2. The third kappa shape index (κ3) is 3.51. The van der Waals surface area contributed by atoms with E-state index in [0.29, 0.717) is 11.4 Å². The summed E-state index contributed by atoms with van der Waals surface area (Å²) >= 11 is 0. The fraction of sp³-hybridized carbons (Fsp3) is 0.231. The van der Waals surface area contributed by atoms with E-state index in [1.807, 2.05) is 13.0 Å². The Morgan fingerprint density at radius 1 is 1.26 bits per heavy atom. The Labute approximate surface area is 112 Å². The molecule has 1 heterocycles. The van der Waals surface area contributed by atoms with E-state index in [1.165, 1.54) is 12.6 Å². The number of sulfone groups is 1. The molecule has 0 saturated carbocycles. The summed E-state index contributed by atoms with van der Waals surface area (Å²) in [6, 6.07) is 6.85. The molecule has 0 bridgehead atoms. The Morgan fingerprint density at radius 2 is 2.05 bits per heavy atom. The molecule has 0 fully saturated rings. The first-order valence-electron chi connectivity index (χ1n) is 5.76. The van der Waals surface area contributed by atoms with Crippen LogP contribution in [0.3, 0.4) is 0 Å². The molecule has 1 aromatic carbocycles. The minimum absolute atomic E-state index is 0.309. The van der Waals surface area contributed by atoms with E-state index in [4.69, 9.17) is 0 Å². The van der Waals surface area contributed by atoms with Crippen LogP contribution in [0.2, 0.25) is 0 Å². The Morgan fingerprint density at radius 3 is 2.68 bits per heavy atom. The van der Waals surface area contributed by atoms with Crippen molar-refractivity contribution in [1.82, 2.24) is 9.97 Å². The van der Waals surface area contributed by atoms with Crippen LogP contribution in [0.4, 0.5) is 5.69 Å². The fourth-order valence-electron chi connectivity index (χ4n) is 1.63. The zero-order valence-corrected chi connectivity index (χ0v) is 11.6. The first-order chi connectivity index (χ1) is 8.97. The van der Waals surface area contributed by atoms with Gasteiger partial charge in [0.05, 0.1) is 17.1 Å². The van der Waals surface area contributed by atoms with Crippen molar-refractivity contribution in [2.75, 3.05) is 11.6 Å². The van der Waals surface area contributed by atoms with Gasteiger partial charge in [-0.25, -0.2) is 18.4 Å². The topological polar surface area (TPSA) is 72.0 Å². The largest absolute Gasteiger partial charge is 0.379 e. The molecule has 0 aliphatic heterocycles. The highest BCUT2D eigenvalue weighted by Gasteiger charge is 2.09.